The standard InChI is InChI=1S/C29H38N6O3S/c1-18(30)27(19(2)36)39-34-29(37)23-16-24(35-14-12-20(13-15-35)17-38-3)25(26(31)21-8-7-9-21)28(33-23)32-22-10-5-4-6-11-22/h4-6,10-11,16,20-21,31H,7-9,12-15,17,30H2,1-3H3,(H,32,33)(H,34,37). The van der Waals surface area contributed by atoms with E-state index in [0.29, 0.717) is 23.1 Å². The molecule has 1 aliphatic heterocycles. The predicted octanol–water partition coefficient (Wildman–Crippen LogP) is 5.01. The van der Waals surface area contributed by atoms with Crippen LogP contribution >= 0.6 is 11.9 Å². The molecule has 1 aromatic carbocycles. The van der Waals surface area contributed by atoms with Gasteiger partial charge in [-0.1, -0.05) is 24.6 Å². The van der Waals surface area contributed by atoms with Crippen LogP contribution in [0.4, 0.5) is 17.2 Å². The van der Waals surface area contributed by atoms with Crippen LogP contribution in [0, 0.1) is 17.2 Å². The summed E-state index contributed by atoms with van der Waals surface area (Å²) >= 11 is 0.901. The Bertz CT molecular complexity index is 1230. The third-order valence-electron chi connectivity index (χ3n) is 7.33. The average molecular weight is 551 g/mol. The van der Waals surface area contributed by atoms with E-state index >= 15 is 0 Å². The van der Waals surface area contributed by atoms with Crippen molar-refractivity contribution in [2.45, 2.75) is 46.0 Å². The zero-order valence-corrected chi connectivity index (χ0v) is 23.7. The van der Waals surface area contributed by atoms with Crippen molar-refractivity contribution < 1.29 is 14.3 Å². The maximum Gasteiger partial charge on any atom is 0.280 e. The van der Waals surface area contributed by atoms with Crippen LogP contribution in [-0.2, 0) is 9.53 Å². The number of ketones is 1. The van der Waals surface area contributed by atoms with E-state index in [1.807, 2.05) is 30.3 Å². The fourth-order valence-electron chi connectivity index (χ4n) is 4.97. The Labute approximate surface area is 234 Å². The zero-order valence-electron chi connectivity index (χ0n) is 22.9. The van der Waals surface area contributed by atoms with E-state index in [2.05, 4.69) is 14.9 Å². The molecule has 2 aromatic rings. The number of para-hydroxylation sites is 1. The second-order valence-corrected chi connectivity index (χ2v) is 11.1. The molecule has 208 valence electrons. The number of anilines is 3. The number of piperidine rings is 1. The first-order valence-electron chi connectivity index (χ1n) is 13.4. The number of ether oxygens (including phenoxy) is 1. The van der Waals surface area contributed by atoms with Gasteiger partial charge < -0.3 is 26.1 Å². The fraction of sp³-hybridized carbons (Fsp3) is 0.448. The van der Waals surface area contributed by atoms with Gasteiger partial charge in [0.25, 0.3) is 5.91 Å². The summed E-state index contributed by atoms with van der Waals surface area (Å²) in [4.78, 5) is 32.6. The van der Waals surface area contributed by atoms with Gasteiger partial charge in [-0.25, -0.2) is 4.98 Å². The van der Waals surface area contributed by atoms with Gasteiger partial charge in [-0.3, -0.25) is 14.3 Å². The van der Waals surface area contributed by atoms with E-state index in [9.17, 15) is 15.0 Å². The van der Waals surface area contributed by atoms with Crippen LogP contribution < -0.4 is 20.7 Å². The first-order valence-corrected chi connectivity index (χ1v) is 14.2. The summed E-state index contributed by atoms with van der Waals surface area (Å²) in [5, 5.41) is 12.6. The molecule has 5 N–H and O–H groups in total. The highest BCUT2D eigenvalue weighted by Gasteiger charge is 2.31. The minimum atomic E-state index is -0.437. The molecule has 9 nitrogen and oxygen atoms in total. The lowest BCUT2D eigenvalue weighted by Crippen LogP contribution is -2.37. The normalized spacial score (nSPS) is 16.7. The third-order valence-corrected chi connectivity index (χ3v) is 8.43. The van der Waals surface area contributed by atoms with Gasteiger partial charge in [0, 0.05) is 49.8 Å². The lowest BCUT2D eigenvalue weighted by atomic mass is 9.79. The van der Waals surface area contributed by atoms with Gasteiger partial charge in [0.15, 0.2) is 5.78 Å². The summed E-state index contributed by atoms with van der Waals surface area (Å²) < 4.78 is 8.13. The Hall–Kier alpha value is -3.37. The number of pyridine rings is 1. The Kier molecular flexibility index (Phi) is 9.63. The fourth-order valence-corrected chi connectivity index (χ4v) is 5.57. The second-order valence-electron chi connectivity index (χ2n) is 10.3. The van der Waals surface area contributed by atoms with Crippen molar-refractivity contribution in [2.75, 3.05) is 37.0 Å². The quantitative estimate of drug-likeness (QED) is 0.174. The molecule has 0 atom stereocenters. The molecule has 0 radical (unpaired) electrons. The second kappa shape index (κ2) is 13.1. The summed E-state index contributed by atoms with van der Waals surface area (Å²) in [7, 11) is 1.73. The van der Waals surface area contributed by atoms with E-state index in [-0.39, 0.29) is 22.3 Å². The smallest absolute Gasteiger partial charge is 0.280 e. The summed E-state index contributed by atoms with van der Waals surface area (Å²) in [6.45, 7) is 5.37. The van der Waals surface area contributed by atoms with Crippen LogP contribution in [-0.4, -0.2) is 49.2 Å². The summed E-state index contributed by atoms with van der Waals surface area (Å²) in [6.07, 6.45) is 5.01. The molecule has 1 aromatic heterocycles. The van der Waals surface area contributed by atoms with Crippen molar-refractivity contribution in [2.24, 2.45) is 17.6 Å². The van der Waals surface area contributed by atoms with Crippen molar-refractivity contribution >= 4 is 46.5 Å². The van der Waals surface area contributed by atoms with Crippen LogP contribution in [0.15, 0.2) is 47.0 Å². The van der Waals surface area contributed by atoms with Crippen molar-refractivity contribution in [3.63, 3.8) is 0 Å². The maximum atomic E-state index is 13.4. The van der Waals surface area contributed by atoms with E-state index in [1.165, 1.54) is 6.92 Å². The maximum absolute atomic E-state index is 13.4. The lowest BCUT2D eigenvalue weighted by Gasteiger charge is -2.36. The molecule has 2 aliphatic rings. The van der Waals surface area contributed by atoms with Crippen molar-refractivity contribution in [3.05, 3.63) is 58.3 Å². The molecule has 4 rings (SSSR count). The Morgan fingerprint density at radius 1 is 1.15 bits per heavy atom. The van der Waals surface area contributed by atoms with Gasteiger partial charge in [-0.15, -0.1) is 0 Å². The predicted molar refractivity (Wildman–Crippen MR) is 158 cm³/mol. The Morgan fingerprint density at radius 3 is 2.41 bits per heavy atom. The molecule has 2 fully saturated rings. The molecule has 10 heteroatoms. The van der Waals surface area contributed by atoms with E-state index in [0.717, 1.165) is 80.7 Å². The highest BCUT2D eigenvalue weighted by molar-refractivity contribution is 8.02. The van der Waals surface area contributed by atoms with Crippen molar-refractivity contribution in [1.29, 1.82) is 5.41 Å². The largest absolute Gasteiger partial charge is 0.401 e. The molecule has 1 saturated carbocycles. The molecule has 1 aliphatic carbocycles. The number of hydrogen-bond donors (Lipinski definition) is 4. The molecule has 1 amide bonds. The topological polar surface area (TPSA) is 133 Å². The minimum Gasteiger partial charge on any atom is -0.401 e. The van der Waals surface area contributed by atoms with Crippen LogP contribution in [0.1, 0.15) is 62.0 Å². The Balaban J connectivity index is 1.75. The van der Waals surface area contributed by atoms with Crippen LogP contribution in [0.2, 0.25) is 0 Å². The molecule has 0 bridgehead atoms. The highest BCUT2D eigenvalue weighted by Crippen LogP contribution is 2.38. The summed E-state index contributed by atoms with van der Waals surface area (Å²) in [5.74, 6) is 0.498. The van der Waals surface area contributed by atoms with E-state index < -0.39 is 5.91 Å². The SMILES string of the molecule is COCC1CCN(c2cc(C(=O)NSC(C(C)=O)=C(C)N)nc(Nc3ccccc3)c2C(=N)C2CCC2)CC1. The lowest BCUT2D eigenvalue weighted by molar-refractivity contribution is -0.113. The zero-order chi connectivity index (χ0) is 27.9. The number of carbonyl (C=O) groups excluding carboxylic acids is 2. The number of rotatable bonds is 11. The number of carbonyl (C=O) groups is 2. The van der Waals surface area contributed by atoms with Gasteiger partial charge >= 0.3 is 0 Å². The van der Waals surface area contributed by atoms with Crippen LogP contribution in [0.3, 0.4) is 0 Å². The summed E-state index contributed by atoms with van der Waals surface area (Å²) in [6, 6.07) is 11.5. The molecule has 1 saturated heterocycles. The number of methoxy groups -OCH3 is 1. The van der Waals surface area contributed by atoms with Gasteiger partial charge in [0.05, 0.1) is 16.2 Å². The monoisotopic (exact) mass is 550 g/mol. The number of nitrogens with two attached hydrogens (primary N) is 1. The van der Waals surface area contributed by atoms with Crippen molar-refractivity contribution in [1.82, 2.24) is 9.71 Å². The minimum absolute atomic E-state index is 0.180. The molecular weight excluding hydrogens is 512 g/mol. The van der Waals surface area contributed by atoms with Crippen molar-refractivity contribution in [3.8, 4) is 0 Å². The van der Waals surface area contributed by atoms with Crippen LogP contribution in [0.25, 0.3) is 0 Å². The number of nitrogens with one attached hydrogen (secondary N) is 3. The number of allylic oxidation sites excluding steroid dienone is 2. The molecule has 0 spiro atoms. The molecule has 2 heterocycles. The van der Waals surface area contributed by atoms with E-state index in [1.54, 1.807) is 20.1 Å². The number of nitrogens with zero attached hydrogens (tertiary/aromatic N) is 2. The number of hydrogen-bond acceptors (Lipinski definition) is 9. The highest BCUT2D eigenvalue weighted by atomic mass is 32.2. The van der Waals surface area contributed by atoms with E-state index in [4.69, 9.17) is 15.5 Å². The van der Waals surface area contributed by atoms with Gasteiger partial charge in [0.1, 0.15) is 11.5 Å². The first-order chi connectivity index (χ1) is 18.8. The third kappa shape index (κ3) is 6.99. The molecule has 0 unspecified atom stereocenters. The van der Waals surface area contributed by atoms with Gasteiger partial charge in [-0.2, -0.15) is 0 Å². The first kappa shape index (κ1) is 28.6. The van der Waals surface area contributed by atoms with Crippen LogP contribution in [0.5, 0.6) is 0 Å². The number of Topliss-reactive ketones (excluding diaryl/α,β-unsaturated/α-hetero) is 1. The number of benzene rings is 1. The molecule has 39 heavy (non-hydrogen) atoms. The Morgan fingerprint density at radius 2 is 1.85 bits per heavy atom. The average Bonchev–Trinajstić information content (AvgIpc) is 2.88. The summed E-state index contributed by atoms with van der Waals surface area (Å²) in [5.41, 5.74) is 9.37. The number of aromatic nitrogens is 1. The number of amides is 1. The molecular formula is C29H38N6O3S. The van der Waals surface area contributed by atoms with Gasteiger partial charge in [-0.05, 0) is 75.6 Å². The van der Waals surface area contributed by atoms with Gasteiger partial charge in [0.2, 0.25) is 0 Å².